The predicted molar refractivity (Wildman–Crippen MR) is 69.0 cm³/mol. The molecule has 0 aromatic carbocycles. The Hall–Kier alpha value is -0.620. The van der Waals surface area contributed by atoms with Crippen molar-refractivity contribution in [3.8, 4) is 0 Å². The summed E-state index contributed by atoms with van der Waals surface area (Å²) in [5, 5.41) is 16.2. The van der Waals surface area contributed by atoms with Gasteiger partial charge in [0.25, 0.3) is 0 Å². The maximum Gasteiger partial charge on any atom is 0.209 e. The number of aromatic nitrogens is 4. The van der Waals surface area contributed by atoms with Crippen molar-refractivity contribution in [3.05, 3.63) is 0 Å². The van der Waals surface area contributed by atoms with Crippen LogP contribution in [0.2, 0.25) is 0 Å². The predicted octanol–water partition coefficient (Wildman–Crippen LogP) is 1.56. The van der Waals surface area contributed by atoms with E-state index < -0.39 is 0 Å². The zero-order chi connectivity index (χ0) is 11.9. The highest BCUT2D eigenvalue weighted by molar-refractivity contribution is 7.99. The van der Waals surface area contributed by atoms with Gasteiger partial charge in [-0.05, 0) is 35.7 Å². The molecular formula is C11H21N5S. The minimum atomic E-state index is 0.860. The Morgan fingerprint density at radius 2 is 2.29 bits per heavy atom. The Morgan fingerprint density at radius 3 is 3.06 bits per heavy atom. The van der Waals surface area contributed by atoms with E-state index in [0.717, 1.165) is 36.5 Å². The lowest BCUT2D eigenvalue weighted by atomic mass is 10.3. The molecule has 0 atom stereocenters. The average Bonchev–Trinajstić information content (AvgIpc) is 3.05. The van der Waals surface area contributed by atoms with E-state index in [1.807, 2.05) is 4.68 Å². The quantitative estimate of drug-likeness (QED) is 0.536. The fraction of sp³-hybridized carbons (Fsp3) is 0.909. The number of rotatable bonds is 9. The van der Waals surface area contributed by atoms with E-state index in [-0.39, 0.29) is 0 Å². The van der Waals surface area contributed by atoms with Crippen LogP contribution >= 0.6 is 11.8 Å². The van der Waals surface area contributed by atoms with Crippen LogP contribution in [0.1, 0.15) is 32.6 Å². The Bertz CT molecular complexity index is 323. The van der Waals surface area contributed by atoms with Crippen molar-refractivity contribution in [2.75, 3.05) is 18.8 Å². The minimum Gasteiger partial charge on any atom is -0.315 e. The molecule has 0 unspecified atom stereocenters. The zero-order valence-electron chi connectivity index (χ0n) is 10.4. The smallest absolute Gasteiger partial charge is 0.209 e. The van der Waals surface area contributed by atoms with Crippen LogP contribution in [0.25, 0.3) is 0 Å². The van der Waals surface area contributed by atoms with Crippen LogP contribution in [0.5, 0.6) is 0 Å². The fourth-order valence-electron chi connectivity index (χ4n) is 1.65. The van der Waals surface area contributed by atoms with Crippen molar-refractivity contribution in [1.82, 2.24) is 25.5 Å². The van der Waals surface area contributed by atoms with E-state index in [0.29, 0.717) is 0 Å². The molecule has 0 amide bonds. The molecule has 1 aliphatic carbocycles. The molecule has 0 bridgehead atoms. The van der Waals surface area contributed by atoms with E-state index in [2.05, 4.69) is 27.8 Å². The summed E-state index contributed by atoms with van der Waals surface area (Å²) in [4.78, 5) is 0. The molecule has 0 spiro atoms. The van der Waals surface area contributed by atoms with Crippen molar-refractivity contribution in [2.45, 2.75) is 44.3 Å². The first-order chi connectivity index (χ1) is 8.40. The highest BCUT2D eigenvalue weighted by atomic mass is 32.2. The van der Waals surface area contributed by atoms with Gasteiger partial charge in [-0.1, -0.05) is 31.5 Å². The number of nitrogens with zero attached hydrogens (tertiary/aromatic N) is 4. The Kier molecular flexibility index (Phi) is 5.25. The van der Waals surface area contributed by atoms with Gasteiger partial charge in [-0.15, -0.1) is 5.10 Å². The third-order valence-corrected chi connectivity index (χ3v) is 3.87. The largest absolute Gasteiger partial charge is 0.315 e. The molecule has 96 valence electrons. The summed E-state index contributed by atoms with van der Waals surface area (Å²) < 4.78 is 1.90. The summed E-state index contributed by atoms with van der Waals surface area (Å²) >= 11 is 1.78. The van der Waals surface area contributed by atoms with Gasteiger partial charge in [0.1, 0.15) is 0 Å². The Balaban J connectivity index is 1.67. The molecule has 1 aliphatic rings. The monoisotopic (exact) mass is 255 g/mol. The third-order valence-electron chi connectivity index (χ3n) is 2.88. The molecule has 1 N–H and O–H groups in total. The SMILES string of the molecule is CCCNCCn1nnnc1SCCC1CC1. The van der Waals surface area contributed by atoms with Crippen LogP contribution in [-0.4, -0.2) is 39.0 Å². The van der Waals surface area contributed by atoms with Gasteiger partial charge in [0.2, 0.25) is 5.16 Å². The standard InChI is InChI=1S/C11H21N5S/c1-2-6-12-7-8-16-11(13-14-15-16)17-9-5-10-3-4-10/h10,12H,2-9H2,1H3. The first kappa shape index (κ1) is 12.8. The summed E-state index contributed by atoms with van der Waals surface area (Å²) in [6.07, 6.45) is 5.32. The van der Waals surface area contributed by atoms with Crippen LogP contribution in [0.4, 0.5) is 0 Å². The normalized spacial score (nSPS) is 15.4. The summed E-state index contributed by atoms with van der Waals surface area (Å²) in [6, 6.07) is 0. The van der Waals surface area contributed by atoms with Crippen molar-refractivity contribution in [1.29, 1.82) is 0 Å². The van der Waals surface area contributed by atoms with E-state index in [1.54, 1.807) is 11.8 Å². The lowest BCUT2D eigenvalue weighted by Crippen LogP contribution is -2.21. The van der Waals surface area contributed by atoms with Crippen LogP contribution in [-0.2, 0) is 6.54 Å². The van der Waals surface area contributed by atoms with Gasteiger partial charge in [-0.3, -0.25) is 0 Å². The molecule has 1 fully saturated rings. The molecule has 6 heteroatoms. The number of hydrogen-bond acceptors (Lipinski definition) is 5. The summed E-state index contributed by atoms with van der Waals surface area (Å²) in [7, 11) is 0. The first-order valence-corrected chi connectivity index (χ1v) is 7.48. The molecule has 0 saturated heterocycles. The lowest BCUT2D eigenvalue weighted by molar-refractivity contribution is 0.510. The minimum absolute atomic E-state index is 0.860. The molecule has 1 aromatic heterocycles. The first-order valence-electron chi connectivity index (χ1n) is 6.50. The number of nitrogens with one attached hydrogen (secondary N) is 1. The van der Waals surface area contributed by atoms with E-state index in [4.69, 9.17) is 0 Å². The lowest BCUT2D eigenvalue weighted by Gasteiger charge is -2.05. The second-order valence-electron chi connectivity index (χ2n) is 4.52. The molecule has 17 heavy (non-hydrogen) atoms. The molecule has 0 aliphatic heterocycles. The zero-order valence-corrected chi connectivity index (χ0v) is 11.2. The van der Waals surface area contributed by atoms with Gasteiger partial charge in [-0.2, -0.15) is 0 Å². The Morgan fingerprint density at radius 1 is 1.41 bits per heavy atom. The summed E-state index contributed by atoms with van der Waals surface area (Å²) in [5.41, 5.74) is 0. The van der Waals surface area contributed by atoms with Crippen molar-refractivity contribution >= 4 is 11.8 Å². The van der Waals surface area contributed by atoms with Gasteiger partial charge in [0, 0.05) is 12.3 Å². The second kappa shape index (κ2) is 6.96. The maximum absolute atomic E-state index is 4.07. The number of tetrazole rings is 1. The molecule has 0 radical (unpaired) electrons. The molecular weight excluding hydrogens is 234 g/mol. The van der Waals surface area contributed by atoms with Crippen molar-refractivity contribution in [3.63, 3.8) is 0 Å². The summed E-state index contributed by atoms with van der Waals surface area (Å²) in [5.74, 6) is 2.13. The van der Waals surface area contributed by atoms with Gasteiger partial charge < -0.3 is 5.32 Å². The molecule has 1 saturated carbocycles. The molecule has 2 rings (SSSR count). The number of thioether (sulfide) groups is 1. The van der Waals surface area contributed by atoms with Gasteiger partial charge >= 0.3 is 0 Å². The van der Waals surface area contributed by atoms with Crippen LogP contribution in [0.15, 0.2) is 5.16 Å². The van der Waals surface area contributed by atoms with Crippen molar-refractivity contribution < 1.29 is 0 Å². The van der Waals surface area contributed by atoms with E-state index in [1.165, 1.54) is 25.7 Å². The molecule has 5 nitrogen and oxygen atoms in total. The van der Waals surface area contributed by atoms with E-state index >= 15 is 0 Å². The third kappa shape index (κ3) is 4.63. The van der Waals surface area contributed by atoms with Gasteiger partial charge in [0.05, 0.1) is 6.54 Å². The van der Waals surface area contributed by atoms with Crippen molar-refractivity contribution in [2.24, 2.45) is 5.92 Å². The fourth-order valence-corrected chi connectivity index (χ4v) is 2.66. The Labute approximate surface area is 107 Å². The summed E-state index contributed by atoms with van der Waals surface area (Å²) in [6.45, 7) is 5.03. The second-order valence-corrected chi connectivity index (χ2v) is 5.58. The van der Waals surface area contributed by atoms with Crippen LogP contribution < -0.4 is 5.32 Å². The van der Waals surface area contributed by atoms with E-state index in [9.17, 15) is 0 Å². The van der Waals surface area contributed by atoms with Gasteiger partial charge in [0.15, 0.2) is 0 Å². The maximum atomic E-state index is 4.07. The topological polar surface area (TPSA) is 55.6 Å². The average molecular weight is 255 g/mol. The molecule has 1 heterocycles. The molecule has 1 aromatic rings. The highest BCUT2D eigenvalue weighted by Crippen LogP contribution is 2.34. The highest BCUT2D eigenvalue weighted by Gasteiger charge is 2.20. The van der Waals surface area contributed by atoms with Crippen LogP contribution in [0.3, 0.4) is 0 Å². The van der Waals surface area contributed by atoms with Gasteiger partial charge in [-0.25, -0.2) is 4.68 Å². The number of hydrogen-bond donors (Lipinski definition) is 1. The van der Waals surface area contributed by atoms with Crippen LogP contribution in [0, 0.1) is 5.92 Å².